The van der Waals surface area contributed by atoms with Crippen LogP contribution in [0.4, 0.5) is 18.9 Å². The standard InChI is InChI=1S/C20H16ClF3N2O2/c1-3-26-10-15(19(28)25-16-9-13(21)6-4-11(16)2)18(27)14-8-12(20(22,23)24)5-7-17(14)26/h4-10H,3H2,1-2H3,(H,25,28). The van der Waals surface area contributed by atoms with Gasteiger partial charge in [0.15, 0.2) is 0 Å². The zero-order valence-corrected chi connectivity index (χ0v) is 15.8. The molecule has 1 N–H and O–H groups in total. The number of carbonyl (C=O) groups is 1. The number of nitrogens with one attached hydrogen (secondary N) is 1. The van der Waals surface area contributed by atoms with Crippen LogP contribution < -0.4 is 10.7 Å². The first-order valence-electron chi connectivity index (χ1n) is 8.43. The van der Waals surface area contributed by atoms with Crippen molar-refractivity contribution in [2.24, 2.45) is 0 Å². The fraction of sp³-hybridized carbons (Fsp3) is 0.200. The minimum absolute atomic E-state index is 0.160. The number of halogens is 4. The predicted octanol–water partition coefficient (Wildman–Crippen LogP) is 5.25. The van der Waals surface area contributed by atoms with Gasteiger partial charge in [-0.15, -0.1) is 0 Å². The van der Waals surface area contributed by atoms with Crippen LogP contribution in [0, 0.1) is 6.92 Å². The monoisotopic (exact) mass is 408 g/mol. The molecule has 1 aromatic heterocycles. The molecule has 0 unspecified atom stereocenters. The Hall–Kier alpha value is -2.80. The van der Waals surface area contributed by atoms with Gasteiger partial charge in [-0.1, -0.05) is 17.7 Å². The Morgan fingerprint density at radius 1 is 1.18 bits per heavy atom. The van der Waals surface area contributed by atoms with Crippen LogP contribution in [0.3, 0.4) is 0 Å². The fourth-order valence-corrected chi connectivity index (χ4v) is 3.09. The smallest absolute Gasteiger partial charge is 0.347 e. The molecule has 0 atom stereocenters. The molecule has 2 aromatic carbocycles. The Morgan fingerprint density at radius 3 is 2.54 bits per heavy atom. The molecule has 0 spiro atoms. The van der Waals surface area contributed by atoms with Gasteiger partial charge in [-0.25, -0.2) is 0 Å². The Labute approximate surface area is 163 Å². The Balaban J connectivity index is 2.15. The third-order valence-electron chi connectivity index (χ3n) is 4.44. The predicted molar refractivity (Wildman–Crippen MR) is 103 cm³/mol. The van der Waals surface area contributed by atoms with Crippen molar-refractivity contribution in [1.29, 1.82) is 0 Å². The van der Waals surface area contributed by atoms with Gasteiger partial charge in [0.1, 0.15) is 5.56 Å². The summed E-state index contributed by atoms with van der Waals surface area (Å²) in [6.45, 7) is 3.90. The molecule has 1 heterocycles. The molecule has 3 rings (SSSR count). The molecule has 0 saturated carbocycles. The maximum Gasteiger partial charge on any atom is 0.416 e. The number of anilines is 1. The lowest BCUT2D eigenvalue weighted by Crippen LogP contribution is -2.24. The van der Waals surface area contributed by atoms with E-state index in [4.69, 9.17) is 11.6 Å². The lowest BCUT2D eigenvalue weighted by Gasteiger charge is -2.14. The highest BCUT2D eigenvalue weighted by molar-refractivity contribution is 6.31. The van der Waals surface area contributed by atoms with Gasteiger partial charge in [0.2, 0.25) is 5.43 Å². The van der Waals surface area contributed by atoms with E-state index < -0.39 is 23.1 Å². The average Bonchev–Trinajstić information content (AvgIpc) is 2.64. The summed E-state index contributed by atoms with van der Waals surface area (Å²) < 4.78 is 40.7. The number of benzene rings is 2. The quantitative estimate of drug-likeness (QED) is 0.643. The van der Waals surface area contributed by atoms with E-state index in [0.717, 1.165) is 17.7 Å². The minimum Gasteiger partial charge on any atom is -0.347 e. The number of carbonyl (C=O) groups excluding carboxylic acids is 1. The number of alkyl halides is 3. The van der Waals surface area contributed by atoms with Crippen molar-refractivity contribution in [2.75, 3.05) is 5.32 Å². The van der Waals surface area contributed by atoms with Gasteiger partial charge >= 0.3 is 6.18 Å². The average molecular weight is 409 g/mol. The van der Waals surface area contributed by atoms with E-state index in [1.165, 1.54) is 18.3 Å². The minimum atomic E-state index is -4.59. The second kappa shape index (κ2) is 7.31. The lowest BCUT2D eigenvalue weighted by molar-refractivity contribution is -0.137. The van der Waals surface area contributed by atoms with Gasteiger partial charge in [-0.3, -0.25) is 9.59 Å². The summed E-state index contributed by atoms with van der Waals surface area (Å²) in [6, 6.07) is 7.85. The topological polar surface area (TPSA) is 51.1 Å². The molecule has 0 radical (unpaired) electrons. The molecular weight excluding hydrogens is 393 g/mol. The number of aryl methyl sites for hydroxylation is 2. The van der Waals surface area contributed by atoms with E-state index in [0.29, 0.717) is 22.8 Å². The largest absolute Gasteiger partial charge is 0.416 e. The number of hydrogen-bond acceptors (Lipinski definition) is 2. The lowest BCUT2D eigenvalue weighted by atomic mass is 10.1. The van der Waals surface area contributed by atoms with Crippen LogP contribution in [0.15, 0.2) is 47.4 Å². The van der Waals surface area contributed by atoms with Gasteiger partial charge in [0.25, 0.3) is 5.91 Å². The summed E-state index contributed by atoms with van der Waals surface area (Å²) in [5.74, 6) is -0.711. The second-order valence-corrected chi connectivity index (χ2v) is 6.74. The molecule has 28 heavy (non-hydrogen) atoms. The van der Waals surface area contributed by atoms with Crippen LogP contribution in [0.25, 0.3) is 10.9 Å². The molecule has 0 bridgehead atoms. The van der Waals surface area contributed by atoms with Crippen LogP contribution in [0.5, 0.6) is 0 Å². The molecular formula is C20H16ClF3N2O2. The van der Waals surface area contributed by atoms with E-state index in [-0.39, 0.29) is 10.9 Å². The highest BCUT2D eigenvalue weighted by Crippen LogP contribution is 2.31. The van der Waals surface area contributed by atoms with Gasteiger partial charge in [-0.05, 0) is 49.7 Å². The van der Waals surface area contributed by atoms with Crippen molar-refractivity contribution in [1.82, 2.24) is 4.57 Å². The van der Waals surface area contributed by atoms with E-state index in [9.17, 15) is 22.8 Å². The van der Waals surface area contributed by atoms with Crippen molar-refractivity contribution >= 4 is 34.1 Å². The van der Waals surface area contributed by atoms with Crippen LogP contribution in [0.2, 0.25) is 5.02 Å². The Kier molecular flexibility index (Phi) is 5.21. The maximum atomic E-state index is 13.1. The van der Waals surface area contributed by atoms with Gasteiger partial charge in [0, 0.05) is 28.8 Å². The summed E-state index contributed by atoms with van der Waals surface area (Å²) in [7, 11) is 0. The van der Waals surface area contributed by atoms with Crippen molar-refractivity contribution in [3.63, 3.8) is 0 Å². The van der Waals surface area contributed by atoms with Gasteiger partial charge in [-0.2, -0.15) is 13.2 Å². The summed E-state index contributed by atoms with van der Waals surface area (Å²) in [5.41, 5.74) is -0.465. The number of nitrogens with zero attached hydrogens (tertiary/aromatic N) is 1. The number of fused-ring (bicyclic) bond motifs is 1. The number of amides is 1. The molecule has 1 amide bonds. The first-order valence-corrected chi connectivity index (χ1v) is 8.81. The summed E-state index contributed by atoms with van der Waals surface area (Å²) >= 11 is 5.94. The number of rotatable bonds is 3. The number of aromatic nitrogens is 1. The highest BCUT2D eigenvalue weighted by atomic mass is 35.5. The first kappa shape index (κ1) is 19.9. The maximum absolute atomic E-state index is 13.1. The first-order chi connectivity index (χ1) is 13.1. The van der Waals surface area contributed by atoms with Crippen molar-refractivity contribution < 1.29 is 18.0 Å². The molecule has 3 aromatic rings. The summed E-state index contributed by atoms with van der Waals surface area (Å²) in [5, 5.41) is 2.85. The van der Waals surface area contributed by atoms with Gasteiger partial charge < -0.3 is 9.88 Å². The van der Waals surface area contributed by atoms with E-state index in [2.05, 4.69) is 5.32 Å². The molecule has 0 fully saturated rings. The molecule has 0 aliphatic rings. The highest BCUT2D eigenvalue weighted by Gasteiger charge is 2.31. The zero-order chi connectivity index (χ0) is 20.6. The van der Waals surface area contributed by atoms with Crippen LogP contribution >= 0.6 is 11.6 Å². The third kappa shape index (κ3) is 3.75. The third-order valence-corrected chi connectivity index (χ3v) is 4.68. The number of hydrogen-bond donors (Lipinski definition) is 1. The van der Waals surface area contributed by atoms with Gasteiger partial charge in [0.05, 0.1) is 11.1 Å². The molecule has 146 valence electrons. The van der Waals surface area contributed by atoms with Crippen LogP contribution in [0.1, 0.15) is 28.4 Å². The fourth-order valence-electron chi connectivity index (χ4n) is 2.92. The van der Waals surface area contributed by atoms with E-state index in [1.54, 1.807) is 30.5 Å². The van der Waals surface area contributed by atoms with E-state index in [1.807, 2.05) is 0 Å². The van der Waals surface area contributed by atoms with Crippen LogP contribution in [-0.2, 0) is 12.7 Å². The molecule has 8 heteroatoms. The van der Waals surface area contributed by atoms with Crippen molar-refractivity contribution in [3.8, 4) is 0 Å². The molecule has 0 aliphatic carbocycles. The Morgan fingerprint density at radius 2 is 1.89 bits per heavy atom. The molecule has 0 saturated heterocycles. The molecule has 0 aliphatic heterocycles. The number of pyridine rings is 1. The summed E-state index contributed by atoms with van der Waals surface area (Å²) in [4.78, 5) is 25.5. The van der Waals surface area contributed by atoms with E-state index >= 15 is 0 Å². The molecule has 4 nitrogen and oxygen atoms in total. The second-order valence-electron chi connectivity index (χ2n) is 6.30. The van der Waals surface area contributed by atoms with Crippen molar-refractivity contribution in [3.05, 3.63) is 74.5 Å². The van der Waals surface area contributed by atoms with Crippen LogP contribution in [-0.4, -0.2) is 10.5 Å². The SMILES string of the molecule is CCn1cc(C(=O)Nc2cc(Cl)ccc2C)c(=O)c2cc(C(F)(F)F)ccc21. The Bertz CT molecular complexity index is 1140. The zero-order valence-electron chi connectivity index (χ0n) is 15.0. The normalized spacial score (nSPS) is 11.6. The van der Waals surface area contributed by atoms with Crippen molar-refractivity contribution in [2.45, 2.75) is 26.6 Å². The summed E-state index contributed by atoms with van der Waals surface area (Å²) in [6.07, 6.45) is -3.24.